The van der Waals surface area contributed by atoms with Gasteiger partial charge in [-0.3, -0.25) is 9.59 Å². The lowest BCUT2D eigenvalue weighted by atomic mass is 10.2. The van der Waals surface area contributed by atoms with Gasteiger partial charge in [0.15, 0.2) is 6.61 Å². The molecule has 8 heteroatoms. The highest BCUT2D eigenvalue weighted by Gasteiger charge is 2.13. The molecule has 0 saturated heterocycles. The van der Waals surface area contributed by atoms with E-state index in [2.05, 4.69) is 10.6 Å². The van der Waals surface area contributed by atoms with Gasteiger partial charge in [-0.1, -0.05) is 0 Å². The molecule has 0 unspecified atom stereocenters. The van der Waals surface area contributed by atoms with E-state index in [4.69, 9.17) is 4.74 Å². The van der Waals surface area contributed by atoms with Crippen molar-refractivity contribution in [3.05, 3.63) is 65.2 Å². The maximum Gasteiger partial charge on any atom is 0.338 e. The van der Waals surface area contributed by atoms with Gasteiger partial charge in [0, 0.05) is 24.4 Å². The molecule has 2 aromatic rings. The average molecular weight is 348 g/mol. The van der Waals surface area contributed by atoms with Crippen LogP contribution in [0.1, 0.15) is 20.7 Å². The minimum absolute atomic E-state index is 0.269. The number of carbonyl (C=O) groups is 3. The second kappa shape index (κ2) is 8.00. The lowest BCUT2D eigenvalue weighted by molar-refractivity contribution is -0.119. The van der Waals surface area contributed by atoms with Crippen LogP contribution < -0.4 is 10.6 Å². The molecule has 0 atom stereocenters. The first kappa shape index (κ1) is 18.1. The van der Waals surface area contributed by atoms with Gasteiger partial charge in [0.2, 0.25) is 0 Å². The highest BCUT2D eigenvalue weighted by atomic mass is 19.1. The van der Waals surface area contributed by atoms with Crippen LogP contribution in [-0.4, -0.2) is 31.4 Å². The molecule has 0 heterocycles. The maximum absolute atomic E-state index is 13.0. The van der Waals surface area contributed by atoms with E-state index in [1.807, 2.05) is 0 Å². The van der Waals surface area contributed by atoms with Gasteiger partial charge in [-0.2, -0.15) is 0 Å². The molecule has 2 rings (SSSR count). The molecule has 0 aliphatic carbocycles. The zero-order valence-corrected chi connectivity index (χ0v) is 13.1. The lowest BCUT2D eigenvalue weighted by Gasteiger charge is -2.07. The Morgan fingerprint density at radius 2 is 1.56 bits per heavy atom. The molecule has 0 aliphatic heterocycles. The van der Waals surface area contributed by atoms with Crippen LogP contribution in [0.3, 0.4) is 0 Å². The summed E-state index contributed by atoms with van der Waals surface area (Å²) in [4.78, 5) is 34.8. The van der Waals surface area contributed by atoms with E-state index < -0.39 is 30.1 Å². The molecule has 0 fully saturated rings. The Morgan fingerprint density at radius 1 is 0.960 bits per heavy atom. The number of anilines is 1. The number of halogens is 2. The summed E-state index contributed by atoms with van der Waals surface area (Å²) in [5.74, 6) is -3.78. The minimum atomic E-state index is -1.02. The van der Waals surface area contributed by atoms with E-state index in [0.29, 0.717) is 17.3 Å². The lowest BCUT2D eigenvalue weighted by Crippen LogP contribution is -2.21. The highest BCUT2D eigenvalue weighted by molar-refractivity contribution is 5.97. The van der Waals surface area contributed by atoms with Crippen LogP contribution in [0.5, 0.6) is 0 Å². The Balaban J connectivity index is 1.90. The first-order chi connectivity index (χ1) is 11.9. The standard InChI is InChI=1S/C17H14F2N2O4/c1-20-16(23)10-2-4-14(5-3-10)21-15(22)9-25-17(24)11-6-12(18)8-13(19)7-11/h2-8H,9H2,1H3,(H,20,23)(H,21,22). The van der Waals surface area contributed by atoms with Crippen LogP contribution in [0.15, 0.2) is 42.5 Å². The summed E-state index contributed by atoms with van der Waals surface area (Å²) in [6.07, 6.45) is 0. The van der Waals surface area contributed by atoms with E-state index in [1.54, 1.807) is 0 Å². The van der Waals surface area contributed by atoms with Crippen molar-refractivity contribution in [2.75, 3.05) is 19.0 Å². The van der Waals surface area contributed by atoms with Crippen molar-refractivity contribution in [2.45, 2.75) is 0 Å². The van der Waals surface area contributed by atoms with Crippen molar-refractivity contribution >= 4 is 23.5 Å². The molecule has 2 amide bonds. The smallest absolute Gasteiger partial charge is 0.338 e. The van der Waals surface area contributed by atoms with Gasteiger partial charge < -0.3 is 15.4 Å². The fraction of sp³-hybridized carbons (Fsp3) is 0.118. The van der Waals surface area contributed by atoms with Crippen LogP contribution in [-0.2, 0) is 9.53 Å². The summed E-state index contributed by atoms with van der Waals surface area (Å²) in [6.45, 7) is -0.631. The normalized spacial score (nSPS) is 10.0. The molecule has 0 spiro atoms. The van der Waals surface area contributed by atoms with E-state index in [9.17, 15) is 23.2 Å². The number of nitrogens with one attached hydrogen (secondary N) is 2. The number of amides is 2. The van der Waals surface area contributed by atoms with Gasteiger partial charge in [0.1, 0.15) is 11.6 Å². The molecule has 0 radical (unpaired) electrons. The molecule has 2 N–H and O–H groups in total. The first-order valence-electron chi connectivity index (χ1n) is 7.14. The second-order valence-corrected chi connectivity index (χ2v) is 4.94. The fourth-order valence-corrected chi connectivity index (χ4v) is 1.93. The summed E-state index contributed by atoms with van der Waals surface area (Å²) in [7, 11) is 1.50. The summed E-state index contributed by atoms with van der Waals surface area (Å²) in [5, 5.41) is 4.92. The number of rotatable bonds is 5. The molecule has 0 aliphatic rings. The van der Waals surface area contributed by atoms with Crippen LogP contribution in [0.25, 0.3) is 0 Å². The number of carbonyl (C=O) groups excluding carboxylic acids is 3. The number of benzene rings is 2. The van der Waals surface area contributed by atoms with Crippen LogP contribution in [0.4, 0.5) is 14.5 Å². The third-order valence-electron chi connectivity index (χ3n) is 3.09. The van der Waals surface area contributed by atoms with Crippen molar-refractivity contribution in [3.63, 3.8) is 0 Å². The number of ether oxygens (including phenoxy) is 1. The molecule has 25 heavy (non-hydrogen) atoms. The molecule has 6 nitrogen and oxygen atoms in total. The van der Waals surface area contributed by atoms with Crippen molar-refractivity contribution in [1.82, 2.24) is 5.32 Å². The van der Waals surface area contributed by atoms with Crippen molar-refractivity contribution in [2.24, 2.45) is 0 Å². The Labute approximate surface area is 141 Å². The molecule has 0 aromatic heterocycles. The fourth-order valence-electron chi connectivity index (χ4n) is 1.93. The van der Waals surface area contributed by atoms with Crippen LogP contribution >= 0.6 is 0 Å². The Kier molecular flexibility index (Phi) is 5.78. The summed E-state index contributed by atoms with van der Waals surface area (Å²) in [6, 6.07) is 8.26. The quantitative estimate of drug-likeness (QED) is 0.811. The third kappa shape index (κ3) is 5.10. The SMILES string of the molecule is CNC(=O)c1ccc(NC(=O)COC(=O)c2cc(F)cc(F)c2)cc1. The van der Waals surface area contributed by atoms with Gasteiger partial charge in [-0.15, -0.1) is 0 Å². The molecule has 0 bridgehead atoms. The second-order valence-electron chi connectivity index (χ2n) is 4.94. The largest absolute Gasteiger partial charge is 0.452 e. The van der Waals surface area contributed by atoms with Crippen LogP contribution in [0, 0.1) is 11.6 Å². The average Bonchev–Trinajstić information content (AvgIpc) is 2.58. The predicted octanol–water partition coefficient (Wildman–Crippen LogP) is 2.12. The van der Waals surface area contributed by atoms with Gasteiger partial charge in [-0.05, 0) is 36.4 Å². The number of hydrogen-bond acceptors (Lipinski definition) is 4. The highest BCUT2D eigenvalue weighted by Crippen LogP contribution is 2.11. The van der Waals surface area contributed by atoms with E-state index in [1.165, 1.54) is 31.3 Å². The Bertz CT molecular complexity index is 787. The Morgan fingerprint density at radius 3 is 2.12 bits per heavy atom. The predicted molar refractivity (Wildman–Crippen MR) is 85.1 cm³/mol. The topological polar surface area (TPSA) is 84.5 Å². The number of hydrogen-bond donors (Lipinski definition) is 2. The maximum atomic E-state index is 13.0. The van der Waals surface area contributed by atoms with Crippen molar-refractivity contribution in [1.29, 1.82) is 0 Å². The van der Waals surface area contributed by atoms with E-state index in [-0.39, 0.29) is 11.5 Å². The molecular formula is C17H14F2N2O4. The van der Waals surface area contributed by atoms with Crippen LogP contribution in [0.2, 0.25) is 0 Å². The van der Waals surface area contributed by atoms with Gasteiger partial charge >= 0.3 is 5.97 Å². The zero-order valence-electron chi connectivity index (χ0n) is 13.1. The summed E-state index contributed by atoms with van der Waals surface area (Å²) < 4.78 is 30.8. The zero-order chi connectivity index (χ0) is 18.4. The van der Waals surface area contributed by atoms with E-state index in [0.717, 1.165) is 12.1 Å². The Hall–Kier alpha value is -3.29. The first-order valence-corrected chi connectivity index (χ1v) is 7.14. The van der Waals surface area contributed by atoms with Crippen molar-refractivity contribution in [3.8, 4) is 0 Å². The summed E-state index contributed by atoms with van der Waals surface area (Å²) in [5.41, 5.74) is 0.478. The number of esters is 1. The van der Waals surface area contributed by atoms with Crippen molar-refractivity contribution < 1.29 is 27.9 Å². The molecule has 130 valence electrons. The molecular weight excluding hydrogens is 334 g/mol. The molecule has 2 aromatic carbocycles. The monoisotopic (exact) mass is 348 g/mol. The molecule has 0 saturated carbocycles. The third-order valence-corrected chi connectivity index (χ3v) is 3.09. The van der Waals surface area contributed by atoms with E-state index >= 15 is 0 Å². The minimum Gasteiger partial charge on any atom is -0.452 e. The van der Waals surface area contributed by atoms with Gasteiger partial charge in [0.05, 0.1) is 5.56 Å². The van der Waals surface area contributed by atoms with Gasteiger partial charge in [0.25, 0.3) is 11.8 Å². The summed E-state index contributed by atoms with van der Waals surface area (Å²) >= 11 is 0. The van der Waals surface area contributed by atoms with Gasteiger partial charge in [-0.25, -0.2) is 13.6 Å².